The highest BCUT2D eigenvalue weighted by atomic mass is 16.7. The normalized spacial score (nSPS) is 27.2. The molecule has 0 bridgehead atoms. The quantitative estimate of drug-likeness (QED) is 0.484. The van der Waals surface area contributed by atoms with Crippen LogP contribution in [0.2, 0.25) is 0 Å². The van der Waals surface area contributed by atoms with E-state index in [2.05, 4.69) is 6.58 Å². The van der Waals surface area contributed by atoms with Gasteiger partial charge < -0.3 is 14.2 Å². The number of ether oxygens (including phenoxy) is 3. The van der Waals surface area contributed by atoms with Gasteiger partial charge in [0.25, 0.3) is 0 Å². The fourth-order valence-corrected chi connectivity index (χ4v) is 1.12. The summed E-state index contributed by atoms with van der Waals surface area (Å²) < 4.78 is 15.2. The summed E-state index contributed by atoms with van der Waals surface area (Å²) >= 11 is 0. The van der Waals surface area contributed by atoms with E-state index in [1.165, 1.54) is 7.11 Å². The predicted molar refractivity (Wildman–Crippen MR) is 46.1 cm³/mol. The van der Waals surface area contributed by atoms with Crippen LogP contribution in [0.3, 0.4) is 0 Å². The molecule has 0 N–H and O–H groups in total. The Balaban J connectivity index is 2.44. The van der Waals surface area contributed by atoms with Crippen molar-refractivity contribution in [2.24, 2.45) is 0 Å². The van der Waals surface area contributed by atoms with E-state index in [1.54, 1.807) is 6.92 Å². The van der Waals surface area contributed by atoms with Crippen LogP contribution < -0.4 is 0 Å². The smallest absolute Gasteiger partial charge is 0.333 e. The second kappa shape index (κ2) is 4.39. The lowest BCUT2D eigenvalue weighted by atomic mass is 10.3. The Kier molecular flexibility index (Phi) is 3.45. The fourth-order valence-electron chi connectivity index (χ4n) is 1.12. The molecule has 1 aliphatic rings. The maximum Gasteiger partial charge on any atom is 0.333 e. The SMILES string of the molecule is C=C(C)C(=O)OC1CCOC1OC. The Morgan fingerprint density at radius 2 is 2.31 bits per heavy atom. The summed E-state index contributed by atoms with van der Waals surface area (Å²) in [6.45, 7) is 5.67. The molecular formula is C9H14O4. The van der Waals surface area contributed by atoms with Gasteiger partial charge in [-0.25, -0.2) is 4.79 Å². The molecule has 0 radical (unpaired) electrons. The minimum Gasteiger partial charge on any atom is -0.454 e. The Bertz CT molecular complexity index is 212. The standard InChI is InChI=1S/C9H14O4/c1-6(2)8(10)13-7-4-5-12-9(7)11-3/h7,9H,1,4-5H2,2-3H3. The first kappa shape index (κ1) is 10.2. The summed E-state index contributed by atoms with van der Waals surface area (Å²) in [5, 5.41) is 0. The molecule has 4 nitrogen and oxygen atoms in total. The maximum atomic E-state index is 11.1. The van der Waals surface area contributed by atoms with Crippen LogP contribution in [0.1, 0.15) is 13.3 Å². The van der Waals surface area contributed by atoms with Crippen molar-refractivity contribution < 1.29 is 19.0 Å². The topological polar surface area (TPSA) is 44.8 Å². The zero-order valence-electron chi connectivity index (χ0n) is 7.91. The Morgan fingerprint density at radius 3 is 2.85 bits per heavy atom. The van der Waals surface area contributed by atoms with Crippen LogP contribution in [0.25, 0.3) is 0 Å². The van der Waals surface area contributed by atoms with E-state index in [4.69, 9.17) is 14.2 Å². The number of carbonyl (C=O) groups excluding carboxylic acids is 1. The summed E-state index contributed by atoms with van der Waals surface area (Å²) in [7, 11) is 1.53. The largest absolute Gasteiger partial charge is 0.454 e. The second-order valence-electron chi connectivity index (χ2n) is 2.99. The number of hydrogen-bond acceptors (Lipinski definition) is 4. The van der Waals surface area contributed by atoms with E-state index < -0.39 is 12.3 Å². The Morgan fingerprint density at radius 1 is 1.62 bits per heavy atom. The number of carbonyl (C=O) groups is 1. The molecule has 1 rings (SSSR count). The van der Waals surface area contributed by atoms with E-state index >= 15 is 0 Å². The van der Waals surface area contributed by atoms with Gasteiger partial charge in [-0.3, -0.25) is 0 Å². The average Bonchev–Trinajstić information content (AvgIpc) is 2.51. The summed E-state index contributed by atoms with van der Waals surface area (Å²) in [5.41, 5.74) is 0.391. The first-order valence-corrected chi connectivity index (χ1v) is 4.16. The van der Waals surface area contributed by atoms with E-state index in [1.807, 2.05) is 0 Å². The van der Waals surface area contributed by atoms with Crippen molar-refractivity contribution in [1.82, 2.24) is 0 Å². The molecule has 2 atom stereocenters. The lowest BCUT2D eigenvalue weighted by molar-refractivity contribution is -0.168. The van der Waals surface area contributed by atoms with Gasteiger partial charge in [-0.2, -0.15) is 0 Å². The zero-order valence-corrected chi connectivity index (χ0v) is 7.91. The highest BCUT2D eigenvalue weighted by Crippen LogP contribution is 2.18. The van der Waals surface area contributed by atoms with Gasteiger partial charge in [-0.15, -0.1) is 0 Å². The van der Waals surface area contributed by atoms with Crippen LogP contribution in [0.5, 0.6) is 0 Å². The molecule has 1 aliphatic heterocycles. The third kappa shape index (κ3) is 2.54. The molecule has 4 heteroatoms. The van der Waals surface area contributed by atoms with Crippen molar-refractivity contribution in [3.05, 3.63) is 12.2 Å². The third-order valence-corrected chi connectivity index (χ3v) is 1.83. The molecule has 0 aliphatic carbocycles. The molecule has 1 heterocycles. The minimum absolute atomic E-state index is 0.297. The first-order valence-electron chi connectivity index (χ1n) is 4.16. The number of hydrogen-bond donors (Lipinski definition) is 0. The van der Waals surface area contributed by atoms with Crippen molar-refractivity contribution in [3.8, 4) is 0 Å². The zero-order chi connectivity index (χ0) is 9.84. The van der Waals surface area contributed by atoms with Crippen LogP contribution in [0.4, 0.5) is 0 Å². The molecule has 0 amide bonds. The van der Waals surface area contributed by atoms with Crippen molar-refractivity contribution in [2.45, 2.75) is 25.7 Å². The minimum atomic E-state index is -0.428. The van der Waals surface area contributed by atoms with Crippen LogP contribution in [0.15, 0.2) is 12.2 Å². The van der Waals surface area contributed by atoms with Gasteiger partial charge in [0, 0.05) is 19.1 Å². The third-order valence-electron chi connectivity index (χ3n) is 1.83. The fraction of sp³-hybridized carbons (Fsp3) is 0.667. The predicted octanol–water partition coefficient (Wildman–Crippen LogP) is 0.867. The second-order valence-corrected chi connectivity index (χ2v) is 2.99. The van der Waals surface area contributed by atoms with Gasteiger partial charge >= 0.3 is 5.97 Å². The molecule has 2 unspecified atom stereocenters. The van der Waals surface area contributed by atoms with Crippen LogP contribution in [-0.4, -0.2) is 32.1 Å². The molecule has 0 saturated carbocycles. The van der Waals surface area contributed by atoms with Crippen molar-refractivity contribution in [1.29, 1.82) is 0 Å². The lowest BCUT2D eigenvalue weighted by Crippen LogP contribution is -2.28. The molecule has 0 aromatic heterocycles. The maximum absolute atomic E-state index is 11.1. The van der Waals surface area contributed by atoms with Gasteiger partial charge in [-0.05, 0) is 6.92 Å². The monoisotopic (exact) mass is 186 g/mol. The van der Waals surface area contributed by atoms with Crippen LogP contribution >= 0.6 is 0 Å². The summed E-state index contributed by atoms with van der Waals surface area (Å²) in [5.74, 6) is -0.391. The molecule has 74 valence electrons. The number of methoxy groups -OCH3 is 1. The Hall–Kier alpha value is -0.870. The first-order chi connectivity index (χ1) is 6.15. The molecule has 0 spiro atoms. The number of rotatable bonds is 3. The Labute approximate surface area is 77.5 Å². The summed E-state index contributed by atoms with van der Waals surface area (Å²) in [6, 6.07) is 0. The van der Waals surface area contributed by atoms with Gasteiger partial charge in [0.2, 0.25) is 0 Å². The van der Waals surface area contributed by atoms with E-state index in [9.17, 15) is 4.79 Å². The van der Waals surface area contributed by atoms with E-state index in [0.29, 0.717) is 18.6 Å². The van der Waals surface area contributed by atoms with E-state index in [-0.39, 0.29) is 6.10 Å². The van der Waals surface area contributed by atoms with Crippen molar-refractivity contribution >= 4 is 5.97 Å². The molecule has 1 fully saturated rings. The molecule has 0 aromatic carbocycles. The highest BCUT2D eigenvalue weighted by Gasteiger charge is 2.31. The molecular weight excluding hydrogens is 172 g/mol. The lowest BCUT2D eigenvalue weighted by Gasteiger charge is -2.17. The van der Waals surface area contributed by atoms with Crippen LogP contribution in [0, 0.1) is 0 Å². The van der Waals surface area contributed by atoms with Gasteiger partial charge in [-0.1, -0.05) is 6.58 Å². The van der Waals surface area contributed by atoms with E-state index in [0.717, 1.165) is 0 Å². The summed E-state index contributed by atoms with van der Waals surface area (Å²) in [6.07, 6.45) is -0.0464. The van der Waals surface area contributed by atoms with Crippen molar-refractivity contribution in [2.75, 3.05) is 13.7 Å². The number of esters is 1. The highest BCUT2D eigenvalue weighted by molar-refractivity contribution is 5.87. The molecule has 13 heavy (non-hydrogen) atoms. The van der Waals surface area contributed by atoms with Crippen molar-refractivity contribution in [3.63, 3.8) is 0 Å². The van der Waals surface area contributed by atoms with Gasteiger partial charge in [0.15, 0.2) is 12.4 Å². The average molecular weight is 186 g/mol. The van der Waals surface area contributed by atoms with Crippen LogP contribution in [-0.2, 0) is 19.0 Å². The summed E-state index contributed by atoms with van der Waals surface area (Å²) in [4.78, 5) is 11.1. The molecule has 1 saturated heterocycles. The van der Waals surface area contributed by atoms with Gasteiger partial charge in [0.05, 0.1) is 6.61 Å². The van der Waals surface area contributed by atoms with Gasteiger partial charge in [0.1, 0.15) is 0 Å². The molecule has 0 aromatic rings.